The summed E-state index contributed by atoms with van der Waals surface area (Å²) < 4.78 is 1.18. The van der Waals surface area contributed by atoms with Gasteiger partial charge in [-0.1, -0.05) is 60.7 Å². The van der Waals surface area contributed by atoms with Crippen LogP contribution in [0.4, 0.5) is 10.5 Å². The van der Waals surface area contributed by atoms with E-state index in [1.807, 2.05) is 43.4 Å². The zero-order valence-electron chi connectivity index (χ0n) is 21.4. The lowest BCUT2D eigenvalue weighted by molar-refractivity contribution is 0.114. The molecule has 0 aliphatic heterocycles. The van der Waals surface area contributed by atoms with Gasteiger partial charge in [0, 0.05) is 23.7 Å². The van der Waals surface area contributed by atoms with Crippen molar-refractivity contribution in [1.29, 1.82) is 0 Å². The number of H-pyrrole nitrogens is 1. The predicted octanol–water partition coefficient (Wildman–Crippen LogP) is 4.72. The van der Waals surface area contributed by atoms with E-state index >= 15 is 0 Å². The van der Waals surface area contributed by atoms with Crippen molar-refractivity contribution in [3.8, 4) is 16.1 Å². The van der Waals surface area contributed by atoms with Gasteiger partial charge in [-0.2, -0.15) is 0 Å². The number of rotatable bonds is 8. The van der Waals surface area contributed by atoms with Gasteiger partial charge in [0.1, 0.15) is 4.83 Å². The first-order valence-electron chi connectivity index (χ1n) is 12.2. The van der Waals surface area contributed by atoms with Crippen molar-refractivity contribution in [2.75, 3.05) is 19.5 Å². The number of amides is 2. The third kappa shape index (κ3) is 5.68. The van der Waals surface area contributed by atoms with Crippen molar-refractivity contribution in [2.24, 2.45) is 0 Å². The van der Waals surface area contributed by atoms with Crippen LogP contribution in [0.25, 0.3) is 26.3 Å². The lowest BCUT2D eigenvalue weighted by Gasteiger charge is -2.18. The van der Waals surface area contributed by atoms with Gasteiger partial charge in [0.2, 0.25) is 0 Å². The quantitative estimate of drug-likeness (QED) is 0.246. The maximum absolute atomic E-state index is 13.9. The lowest BCUT2D eigenvalue weighted by atomic mass is 10.1. The first kappa shape index (κ1) is 26.1. The average molecular weight is 542 g/mol. The van der Waals surface area contributed by atoms with Gasteiger partial charge >= 0.3 is 11.7 Å². The first-order valence-corrected chi connectivity index (χ1v) is 13.0. The van der Waals surface area contributed by atoms with Crippen LogP contribution in [-0.4, -0.2) is 34.6 Å². The molecule has 0 unspecified atom stereocenters. The smallest absolute Gasteiger partial charge is 0.306 e. The van der Waals surface area contributed by atoms with Gasteiger partial charge in [-0.3, -0.25) is 19.5 Å². The number of hydrogen-bond acceptors (Lipinski definition) is 6. The zero-order chi connectivity index (χ0) is 27.4. The molecule has 2 amide bonds. The van der Waals surface area contributed by atoms with Crippen molar-refractivity contribution in [1.82, 2.24) is 19.9 Å². The highest BCUT2D eigenvalue weighted by atomic mass is 32.1. The Morgan fingerprint density at radius 2 is 1.62 bits per heavy atom. The van der Waals surface area contributed by atoms with Gasteiger partial charge in [-0.15, -0.1) is 11.3 Å². The number of carbonyl (C=O) groups excluding carboxylic acids is 1. The lowest BCUT2D eigenvalue weighted by Crippen LogP contribution is -2.33. The summed E-state index contributed by atoms with van der Waals surface area (Å²) >= 11 is 1.37. The number of anilines is 1. The van der Waals surface area contributed by atoms with Gasteiger partial charge in [-0.05, 0) is 48.0 Å². The van der Waals surface area contributed by atoms with Crippen LogP contribution in [0, 0.1) is 0 Å². The number of benzene rings is 3. The van der Waals surface area contributed by atoms with Gasteiger partial charge < -0.3 is 5.32 Å². The molecule has 9 nitrogen and oxygen atoms in total. The van der Waals surface area contributed by atoms with Crippen LogP contribution in [-0.2, 0) is 17.9 Å². The van der Waals surface area contributed by atoms with Crippen molar-refractivity contribution < 1.29 is 9.63 Å². The summed E-state index contributed by atoms with van der Waals surface area (Å²) in [6, 6.07) is 25.8. The summed E-state index contributed by atoms with van der Waals surface area (Å²) in [6.07, 6.45) is 0. The van der Waals surface area contributed by atoms with E-state index in [9.17, 15) is 14.4 Å². The largest absolute Gasteiger partial charge is 0.343 e. The number of hydroxylamine groups is 1. The third-order valence-corrected chi connectivity index (χ3v) is 7.38. The molecule has 0 fully saturated rings. The van der Waals surface area contributed by atoms with E-state index in [-0.39, 0.29) is 5.56 Å². The summed E-state index contributed by atoms with van der Waals surface area (Å²) in [6.45, 7) is 1.17. The maximum Gasteiger partial charge on any atom is 0.343 e. The van der Waals surface area contributed by atoms with Crippen LogP contribution >= 0.6 is 11.3 Å². The van der Waals surface area contributed by atoms with Gasteiger partial charge in [0.05, 0.1) is 18.2 Å². The van der Waals surface area contributed by atoms with Crippen molar-refractivity contribution >= 4 is 33.3 Å². The first-order chi connectivity index (χ1) is 18.9. The Labute approximate surface area is 228 Å². The molecule has 0 saturated carbocycles. The topological polar surface area (TPSA) is 108 Å². The normalized spacial score (nSPS) is 11.2. The standard InChI is InChI=1S/C29H27N5O4S/c1-33(17-19-9-5-3-6-10-19)18-23-24-26(31-29(37)34(27(24)35)22-11-7-4-8-12-22)39-25(23)20-13-15-21(16-14-20)30-28(36)32-38-2/h3-16H,17-18H2,1-2H3,(H,31,37)(H2,30,32,36). The minimum absolute atomic E-state index is 0.361. The number of aromatic amines is 1. The number of para-hydroxylation sites is 1. The van der Waals surface area contributed by atoms with E-state index in [4.69, 9.17) is 0 Å². The Morgan fingerprint density at radius 1 is 0.949 bits per heavy atom. The Morgan fingerprint density at radius 3 is 2.28 bits per heavy atom. The molecule has 0 spiro atoms. The van der Waals surface area contributed by atoms with E-state index in [1.165, 1.54) is 23.0 Å². The molecule has 198 valence electrons. The number of aromatic nitrogens is 2. The van der Waals surface area contributed by atoms with E-state index in [1.54, 1.807) is 36.4 Å². The molecule has 0 aliphatic rings. The van der Waals surface area contributed by atoms with Crippen LogP contribution in [0.2, 0.25) is 0 Å². The van der Waals surface area contributed by atoms with Crippen LogP contribution < -0.4 is 22.0 Å². The minimum Gasteiger partial charge on any atom is -0.306 e. The fourth-order valence-electron chi connectivity index (χ4n) is 4.51. The molecule has 10 heteroatoms. The molecule has 5 rings (SSSR count). The van der Waals surface area contributed by atoms with Crippen molar-refractivity contribution in [2.45, 2.75) is 13.1 Å². The summed E-state index contributed by atoms with van der Waals surface area (Å²) in [5.41, 5.74) is 5.30. The highest BCUT2D eigenvalue weighted by molar-refractivity contribution is 7.22. The molecule has 5 aromatic rings. The van der Waals surface area contributed by atoms with E-state index in [2.05, 4.69) is 37.7 Å². The number of nitrogens with zero attached hydrogens (tertiary/aromatic N) is 2. The monoisotopic (exact) mass is 541 g/mol. The molecule has 0 radical (unpaired) electrons. The SMILES string of the molecule is CONC(=O)Nc1ccc(-c2sc3[nH]c(=O)n(-c4ccccc4)c(=O)c3c2CN(C)Cc2ccccc2)cc1. The molecule has 2 heterocycles. The van der Waals surface area contributed by atoms with Gasteiger partial charge in [0.15, 0.2) is 0 Å². The molecular weight excluding hydrogens is 514 g/mol. The number of hydrogen-bond donors (Lipinski definition) is 3. The molecule has 3 N–H and O–H groups in total. The van der Waals surface area contributed by atoms with Crippen molar-refractivity contribution in [3.05, 3.63) is 117 Å². The average Bonchev–Trinajstić information content (AvgIpc) is 3.28. The fraction of sp³-hybridized carbons (Fsp3) is 0.138. The minimum atomic E-state index is -0.491. The second-order valence-corrected chi connectivity index (χ2v) is 10.0. The summed E-state index contributed by atoms with van der Waals surface area (Å²) in [4.78, 5) is 49.8. The molecular formula is C29H27N5O4S. The molecule has 0 atom stereocenters. The molecule has 0 aliphatic carbocycles. The molecule has 0 saturated heterocycles. The summed E-state index contributed by atoms with van der Waals surface area (Å²) in [7, 11) is 3.36. The molecule has 0 bridgehead atoms. The third-order valence-electron chi connectivity index (χ3n) is 6.19. The van der Waals surface area contributed by atoms with Crippen LogP contribution in [0.5, 0.6) is 0 Å². The Kier molecular flexibility index (Phi) is 7.69. The predicted molar refractivity (Wildman–Crippen MR) is 154 cm³/mol. The highest BCUT2D eigenvalue weighted by Crippen LogP contribution is 2.37. The second kappa shape index (κ2) is 11.5. The summed E-state index contributed by atoms with van der Waals surface area (Å²) in [5.74, 6) is 0. The Bertz CT molecular complexity index is 1710. The van der Waals surface area contributed by atoms with Gasteiger partial charge in [0.25, 0.3) is 5.56 Å². The maximum atomic E-state index is 13.9. The van der Waals surface area contributed by atoms with Crippen LogP contribution in [0.1, 0.15) is 11.1 Å². The van der Waals surface area contributed by atoms with Crippen molar-refractivity contribution in [3.63, 3.8) is 0 Å². The molecule has 39 heavy (non-hydrogen) atoms. The van der Waals surface area contributed by atoms with Crippen LogP contribution in [0.3, 0.4) is 0 Å². The number of nitrogens with one attached hydrogen (secondary N) is 3. The molecule has 2 aromatic heterocycles. The number of carbonyl (C=O) groups is 1. The van der Waals surface area contributed by atoms with E-state index in [0.717, 1.165) is 21.6 Å². The number of urea groups is 1. The number of thiophene rings is 1. The van der Waals surface area contributed by atoms with Gasteiger partial charge in [-0.25, -0.2) is 19.6 Å². The Balaban J connectivity index is 1.61. The van der Waals surface area contributed by atoms with Crippen LogP contribution in [0.15, 0.2) is 94.5 Å². The Hall–Kier alpha value is -4.51. The summed E-state index contributed by atoms with van der Waals surface area (Å²) in [5, 5.41) is 3.17. The highest BCUT2D eigenvalue weighted by Gasteiger charge is 2.22. The second-order valence-electron chi connectivity index (χ2n) is 9.02. The van der Waals surface area contributed by atoms with E-state index < -0.39 is 11.7 Å². The fourth-order valence-corrected chi connectivity index (χ4v) is 5.71. The number of fused-ring (bicyclic) bond motifs is 1. The molecule has 3 aromatic carbocycles. The zero-order valence-corrected chi connectivity index (χ0v) is 22.2. The van der Waals surface area contributed by atoms with E-state index in [0.29, 0.717) is 34.7 Å².